The van der Waals surface area contributed by atoms with Gasteiger partial charge in [-0.05, 0) is 30.3 Å². The summed E-state index contributed by atoms with van der Waals surface area (Å²) in [5, 5.41) is 23.6. The summed E-state index contributed by atoms with van der Waals surface area (Å²) < 4.78 is 0. The van der Waals surface area contributed by atoms with E-state index in [9.17, 15) is 4.79 Å². The number of nitrogens with one attached hydrogen (secondary N) is 2. The van der Waals surface area contributed by atoms with Gasteiger partial charge in [0.2, 0.25) is 5.91 Å². The van der Waals surface area contributed by atoms with Crippen LogP contribution in [0.4, 0.5) is 11.4 Å². The lowest BCUT2D eigenvalue weighted by Gasteiger charge is -2.08. The van der Waals surface area contributed by atoms with Gasteiger partial charge in [-0.1, -0.05) is 18.2 Å². The van der Waals surface area contributed by atoms with Crippen molar-refractivity contribution in [1.29, 1.82) is 10.5 Å². The van der Waals surface area contributed by atoms with E-state index in [-0.39, 0.29) is 12.3 Å². The molecule has 2 aromatic carbocycles. The number of para-hydroxylation sites is 1. The third-order valence-electron chi connectivity index (χ3n) is 2.99. The molecule has 1 amide bonds. The first kappa shape index (κ1) is 15.1. The normalized spacial score (nSPS) is 9.36. The van der Waals surface area contributed by atoms with E-state index in [4.69, 9.17) is 10.5 Å². The smallest absolute Gasteiger partial charge is 0.226 e. The largest absolute Gasteiger partial charge is 0.383 e. The Morgan fingerprint density at radius 3 is 2.64 bits per heavy atom. The summed E-state index contributed by atoms with van der Waals surface area (Å²) in [7, 11) is 0. The molecule has 5 nitrogen and oxygen atoms in total. The van der Waals surface area contributed by atoms with Crippen LogP contribution in [0, 0.1) is 22.7 Å². The average molecular weight is 290 g/mol. The molecule has 0 aliphatic carbocycles. The van der Waals surface area contributed by atoms with Gasteiger partial charge in [0, 0.05) is 18.7 Å². The Labute approximate surface area is 128 Å². The fourth-order valence-electron chi connectivity index (χ4n) is 1.94. The molecular formula is C17H14N4O. The van der Waals surface area contributed by atoms with E-state index in [2.05, 4.69) is 16.7 Å². The van der Waals surface area contributed by atoms with Gasteiger partial charge in [0.05, 0.1) is 22.9 Å². The van der Waals surface area contributed by atoms with Gasteiger partial charge in [0.25, 0.3) is 0 Å². The zero-order chi connectivity index (χ0) is 15.8. The monoisotopic (exact) mass is 290 g/mol. The molecule has 0 aromatic heterocycles. The number of amides is 1. The zero-order valence-electron chi connectivity index (χ0n) is 11.8. The van der Waals surface area contributed by atoms with Crippen LogP contribution in [0.5, 0.6) is 0 Å². The molecule has 2 N–H and O–H groups in total. The highest BCUT2D eigenvalue weighted by molar-refractivity contribution is 5.91. The van der Waals surface area contributed by atoms with E-state index in [1.807, 2.05) is 12.1 Å². The third kappa shape index (κ3) is 4.09. The Balaban J connectivity index is 1.86. The van der Waals surface area contributed by atoms with Crippen LogP contribution in [-0.4, -0.2) is 12.5 Å². The second kappa shape index (κ2) is 7.47. The molecule has 0 saturated heterocycles. The summed E-state index contributed by atoms with van der Waals surface area (Å²) in [6, 6.07) is 18.0. The van der Waals surface area contributed by atoms with Crippen LogP contribution in [0.2, 0.25) is 0 Å². The first-order chi connectivity index (χ1) is 10.7. The number of rotatable bonds is 5. The van der Waals surface area contributed by atoms with Crippen LogP contribution in [0.15, 0.2) is 48.5 Å². The van der Waals surface area contributed by atoms with Crippen molar-refractivity contribution in [2.75, 3.05) is 17.2 Å². The molecule has 0 fully saturated rings. The standard InChI is InChI=1S/C17H14N4O/c18-11-13-4-3-6-15(10-13)21-17(22)8-9-20-16-7-2-1-5-14(16)12-19/h1-7,10,20H,8-9H2,(H,21,22). The highest BCUT2D eigenvalue weighted by Crippen LogP contribution is 2.13. The molecule has 0 spiro atoms. The minimum atomic E-state index is -0.156. The van der Waals surface area contributed by atoms with E-state index in [0.29, 0.717) is 29.0 Å². The number of carbonyl (C=O) groups is 1. The molecular weight excluding hydrogens is 276 g/mol. The fourth-order valence-corrected chi connectivity index (χ4v) is 1.94. The highest BCUT2D eigenvalue weighted by Gasteiger charge is 2.04. The van der Waals surface area contributed by atoms with Crippen LogP contribution in [0.3, 0.4) is 0 Å². The van der Waals surface area contributed by atoms with Gasteiger partial charge in [0.1, 0.15) is 6.07 Å². The first-order valence-electron chi connectivity index (χ1n) is 6.76. The summed E-state index contributed by atoms with van der Waals surface area (Å²) in [5.74, 6) is -0.156. The summed E-state index contributed by atoms with van der Waals surface area (Å²) in [6.45, 7) is 0.419. The van der Waals surface area contributed by atoms with Crippen LogP contribution in [0.25, 0.3) is 0 Å². The number of benzene rings is 2. The Hall–Kier alpha value is -3.31. The van der Waals surface area contributed by atoms with Gasteiger partial charge >= 0.3 is 0 Å². The van der Waals surface area contributed by atoms with Crippen molar-refractivity contribution in [3.05, 3.63) is 59.7 Å². The zero-order valence-corrected chi connectivity index (χ0v) is 11.8. The Bertz CT molecular complexity index is 756. The molecule has 0 saturated carbocycles. The average Bonchev–Trinajstić information content (AvgIpc) is 2.55. The molecule has 0 radical (unpaired) electrons. The molecule has 0 heterocycles. The maximum Gasteiger partial charge on any atom is 0.226 e. The molecule has 5 heteroatoms. The van der Waals surface area contributed by atoms with Gasteiger partial charge < -0.3 is 10.6 Å². The predicted molar refractivity (Wildman–Crippen MR) is 84.1 cm³/mol. The van der Waals surface area contributed by atoms with E-state index in [1.165, 1.54) is 0 Å². The maximum absolute atomic E-state index is 11.9. The minimum Gasteiger partial charge on any atom is -0.383 e. The molecule has 0 aliphatic heterocycles. The van der Waals surface area contributed by atoms with Crippen molar-refractivity contribution < 1.29 is 4.79 Å². The molecule has 2 aromatic rings. The lowest BCUT2D eigenvalue weighted by molar-refractivity contribution is -0.115. The van der Waals surface area contributed by atoms with Gasteiger partial charge in [0.15, 0.2) is 0 Å². The van der Waals surface area contributed by atoms with Crippen molar-refractivity contribution in [2.24, 2.45) is 0 Å². The van der Waals surface area contributed by atoms with Gasteiger partial charge in [-0.2, -0.15) is 10.5 Å². The van der Waals surface area contributed by atoms with Crippen LogP contribution >= 0.6 is 0 Å². The fraction of sp³-hybridized carbons (Fsp3) is 0.118. The van der Waals surface area contributed by atoms with Gasteiger partial charge in [-0.3, -0.25) is 4.79 Å². The number of nitriles is 2. The Morgan fingerprint density at radius 1 is 1.05 bits per heavy atom. The third-order valence-corrected chi connectivity index (χ3v) is 2.99. The quantitative estimate of drug-likeness (QED) is 0.886. The van der Waals surface area contributed by atoms with Gasteiger partial charge in [-0.25, -0.2) is 0 Å². The van der Waals surface area contributed by atoms with E-state index in [1.54, 1.807) is 42.5 Å². The van der Waals surface area contributed by atoms with E-state index >= 15 is 0 Å². The van der Waals surface area contributed by atoms with Crippen molar-refractivity contribution >= 4 is 17.3 Å². The predicted octanol–water partition coefficient (Wildman–Crippen LogP) is 2.87. The number of hydrogen-bond acceptors (Lipinski definition) is 4. The Kier molecular flexibility index (Phi) is 5.12. The number of carbonyl (C=O) groups excluding carboxylic acids is 1. The molecule has 108 valence electrons. The molecule has 0 atom stereocenters. The van der Waals surface area contributed by atoms with Crippen molar-refractivity contribution in [2.45, 2.75) is 6.42 Å². The van der Waals surface area contributed by atoms with Gasteiger partial charge in [-0.15, -0.1) is 0 Å². The lowest BCUT2D eigenvalue weighted by atomic mass is 10.2. The number of hydrogen-bond donors (Lipinski definition) is 2. The number of anilines is 2. The summed E-state index contributed by atoms with van der Waals surface area (Å²) >= 11 is 0. The second-order valence-electron chi connectivity index (χ2n) is 4.57. The topological polar surface area (TPSA) is 88.7 Å². The highest BCUT2D eigenvalue weighted by atomic mass is 16.1. The van der Waals surface area contributed by atoms with Crippen molar-refractivity contribution in [3.63, 3.8) is 0 Å². The molecule has 2 rings (SSSR count). The van der Waals surface area contributed by atoms with Crippen LogP contribution in [-0.2, 0) is 4.79 Å². The summed E-state index contributed by atoms with van der Waals surface area (Å²) in [6.07, 6.45) is 0.260. The summed E-state index contributed by atoms with van der Waals surface area (Å²) in [4.78, 5) is 11.9. The first-order valence-corrected chi connectivity index (χ1v) is 6.76. The number of nitrogens with zero attached hydrogens (tertiary/aromatic N) is 2. The van der Waals surface area contributed by atoms with Crippen LogP contribution in [0.1, 0.15) is 17.5 Å². The molecule has 0 aliphatic rings. The van der Waals surface area contributed by atoms with E-state index < -0.39 is 0 Å². The molecule has 22 heavy (non-hydrogen) atoms. The van der Waals surface area contributed by atoms with E-state index in [0.717, 1.165) is 0 Å². The molecule has 0 unspecified atom stereocenters. The minimum absolute atomic E-state index is 0.156. The maximum atomic E-state index is 11.9. The summed E-state index contributed by atoms with van der Waals surface area (Å²) in [5.41, 5.74) is 2.36. The van der Waals surface area contributed by atoms with Crippen molar-refractivity contribution in [3.8, 4) is 12.1 Å². The van der Waals surface area contributed by atoms with Crippen LogP contribution < -0.4 is 10.6 Å². The lowest BCUT2D eigenvalue weighted by Crippen LogP contribution is -2.16. The Morgan fingerprint density at radius 2 is 1.86 bits per heavy atom. The molecule has 0 bridgehead atoms. The van der Waals surface area contributed by atoms with Crippen molar-refractivity contribution in [1.82, 2.24) is 0 Å². The second-order valence-corrected chi connectivity index (χ2v) is 4.57. The SMILES string of the molecule is N#Cc1cccc(NC(=O)CCNc2ccccc2C#N)c1.